The molecule has 0 bridgehead atoms. The van der Waals surface area contributed by atoms with Crippen molar-refractivity contribution in [3.8, 4) is 5.75 Å². The van der Waals surface area contributed by atoms with Crippen LogP contribution in [0.1, 0.15) is 0 Å². The quantitative estimate of drug-likeness (QED) is 0.179. The zero-order chi connectivity index (χ0) is 23.2. The van der Waals surface area contributed by atoms with E-state index in [2.05, 4.69) is 10.2 Å². The molecule has 0 aliphatic rings. The topological polar surface area (TPSA) is 211 Å². The second kappa shape index (κ2) is 7.84. The summed E-state index contributed by atoms with van der Waals surface area (Å²) < 4.78 is 94.8. The molecule has 12 nitrogen and oxygen atoms in total. The summed E-state index contributed by atoms with van der Waals surface area (Å²) in [6.07, 6.45) is 0. The van der Waals surface area contributed by atoms with Crippen molar-refractivity contribution in [2.75, 3.05) is 0 Å². The molecule has 3 rings (SSSR count). The monoisotopic (exact) mass is 532 g/mol. The zero-order valence-electron chi connectivity index (χ0n) is 15.1. The molecule has 164 valence electrons. The van der Waals surface area contributed by atoms with Gasteiger partial charge in [-0.2, -0.15) is 0 Å². The fourth-order valence-electron chi connectivity index (χ4n) is 2.69. The number of hydrogen-bond donors (Lipinski definition) is 5. The van der Waals surface area contributed by atoms with Gasteiger partial charge in [-0.1, -0.05) is 0 Å². The minimum atomic E-state index is -5.41. The number of rotatable bonds is 5. The fraction of sp³-hybridized carbons (Fsp3) is 0. The Balaban J connectivity index is 2.33. The molecule has 0 aliphatic carbocycles. The van der Waals surface area contributed by atoms with E-state index in [0.717, 1.165) is 30.3 Å². The summed E-state index contributed by atoms with van der Waals surface area (Å²) in [4.78, 5) is -1.61. The summed E-state index contributed by atoms with van der Waals surface area (Å²) in [5.74, 6) is -1.03. The van der Waals surface area contributed by atoms with Crippen LogP contribution in [0.3, 0.4) is 0 Å². The summed E-state index contributed by atoms with van der Waals surface area (Å²) >= 11 is -5.41. The number of azo groups is 1. The second-order valence-electron chi connectivity index (χ2n) is 6.14. The Labute approximate surface area is 178 Å². The summed E-state index contributed by atoms with van der Waals surface area (Å²) in [6, 6.07) is 8.81. The van der Waals surface area contributed by atoms with Gasteiger partial charge in [0.1, 0.15) is 0 Å². The van der Waals surface area contributed by atoms with E-state index in [1.54, 1.807) is 0 Å². The molecule has 3 aromatic rings. The number of aromatic hydroxyl groups is 1. The SMILES string of the molecule is O=S(=O)(O)c1ccc2c(/N=N/c3ccccc3[As](=O)(O)O)c(O)c(S(=O)(=O)O)cc2c1. The van der Waals surface area contributed by atoms with Gasteiger partial charge in [0.15, 0.2) is 0 Å². The number of nitrogens with zero attached hydrogens (tertiary/aromatic N) is 2. The van der Waals surface area contributed by atoms with Crippen molar-refractivity contribution in [2.24, 2.45) is 10.2 Å². The molecule has 0 atom stereocenters. The molecule has 15 heteroatoms. The maximum absolute atomic E-state index is 11.7. The Hall–Kier alpha value is -2.58. The standard InChI is InChI=1S/C16H13AsN2O10S2/c20-16-14(31(27,28)29)8-9-7-10(30(24,25)26)5-6-11(9)15(16)19-18-13-4-2-1-3-12(13)17(21,22)23/h1-8,20H,(H2,21,22,23)(H,24,25,26)(H,27,28,29)/b19-18+. The van der Waals surface area contributed by atoms with Gasteiger partial charge in [0.2, 0.25) is 0 Å². The molecule has 5 N–H and O–H groups in total. The van der Waals surface area contributed by atoms with Crippen molar-refractivity contribution in [2.45, 2.75) is 9.79 Å². The Kier molecular flexibility index (Phi) is 5.84. The van der Waals surface area contributed by atoms with Crippen LogP contribution in [0.2, 0.25) is 0 Å². The van der Waals surface area contributed by atoms with Crippen molar-refractivity contribution >= 4 is 60.9 Å². The van der Waals surface area contributed by atoms with Crippen LogP contribution in [0, 0.1) is 0 Å². The Morgan fingerprint density at radius 2 is 1.48 bits per heavy atom. The number of phenols is 1. The normalized spacial score (nSPS) is 13.2. The van der Waals surface area contributed by atoms with E-state index in [4.69, 9.17) is 0 Å². The molecular formula is C16H13AsN2O10S2. The van der Waals surface area contributed by atoms with E-state index in [0.29, 0.717) is 0 Å². The van der Waals surface area contributed by atoms with Gasteiger partial charge >= 0.3 is 178 Å². The van der Waals surface area contributed by atoms with Crippen LogP contribution < -0.4 is 4.35 Å². The number of fused-ring (bicyclic) bond motifs is 1. The van der Waals surface area contributed by atoms with Crippen LogP contribution >= 0.6 is 0 Å². The van der Waals surface area contributed by atoms with Gasteiger partial charge in [-0.25, -0.2) is 0 Å². The summed E-state index contributed by atoms with van der Waals surface area (Å²) in [5, 5.41) is 17.6. The van der Waals surface area contributed by atoms with Crippen molar-refractivity contribution < 1.29 is 43.0 Å². The molecule has 0 aliphatic heterocycles. The molecule has 0 radical (unpaired) electrons. The van der Waals surface area contributed by atoms with Crippen LogP contribution in [0.15, 0.2) is 68.6 Å². The van der Waals surface area contributed by atoms with E-state index in [9.17, 15) is 43.0 Å². The van der Waals surface area contributed by atoms with Gasteiger partial charge in [-0.05, 0) is 0 Å². The van der Waals surface area contributed by atoms with Gasteiger partial charge in [0.05, 0.1) is 0 Å². The average molecular weight is 532 g/mol. The third kappa shape index (κ3) is 4.85. The first-order valence-electron chi connectivity index (χ1n) is 8.01. The van der Waals surface area contributed by atoms with Crippen molar-refractivity contribution in [1.29, 1.82) is 0 Å². The molecule has 0 unspecified atom stereocenters. The first-order valence-corrected chi connectivity index (χ1v) is 14.3. The number of phenolic OH excluding ortho intramolecular Hbond substituents is 1. The van der Waals surface area contributed by atoms with Crippen molar-refractivity contribution in [3.63, 3.8) is 0 Å². The molecule has 0 saturated heterocycles. The van der Waals surface area contributed by atoms with Crippen LogP contribution in [-0.4, -0.2) is 53.4 Å². The molecule has 3 aromatic carbocycles. The number of benzene rings is 3. The van der Waals surface area contributed by atoms with Gasteiger partial charge in [-0.3, -0.25) is 0 Å². The van der Waals surface area contributed by atoms with Crippen LogP contribution in [-0.2, 0) is 24.0 Å². The predicted octanol–water partition coefficient (Wildman–Crippen LogP) is 1.02. The predicted molar refractivity (Wildman–Crippen MR) is 106 cm³/mol. The van der Waals surface area contributed by atoms with Crippen LogP contribution in [0.5, 0.6) is 5.75 Å². The third-order valence-electron chi connectivity index (χ3n) is 4.05. The van der Waals surface area contributed by atoms with Crippen molar-refractivity contribution in [3.05, 3.63) is 48.5 Å². The number of hydrogen-bond acceptors (Lipinski definition) is 8. The maximum atomic E-state index is 11.7. The average Bonchev–Trinajstić information content (AvgIpc) is 2.64. The molecule has 0 saturated carbocycles. The molecular weight excluding hydrogens is 519 g/mol. The van der Waals surface area contributed by atoms with Crippen LogP contribution in [0.4, 0.5) is 11.4 Å². The molecule has 0 aromatic heterocycles. The third-order valence-corrected chi connectivity index (χ3v) is 7.88. The molecule has 0 heterocycles. The van der Waals surface area contributed by atoms with E-state index in [1.807, 2.05) is 0 Å². The Bertz CT molecular complexity index is 1490. The molecule has 31 heavy (non-hydrogen) atoms. The van der Waals surface area contributed by atoms with Crippen LogP contribution in [0.25, 0.3) is 10.8 Å². The molecule has 0 spiro atoms. The Morgan fingerprint density at radius 3 is 2.06 bits per heavy atom. The molecule has 0 amide bonds. The van der Waals surface area contributed by atoms with Gasteiger partial charge in [0.25, 0.3) is 0 Å². The fourth-order valence-corrected chi connectivity index (χ4v) is 5.28. The molecule has 0 fully saturated rings. The zero-order valence-corrected chi connectivity index (χ0v) is 18.6. The van der Waals surface area contributed by atoms with Gasteiger partial charge < -0.3 is 0 Å². The van der Waals surface area contributed by atoms with Gasteiger partial charge in [0, 0.05) is 0 Å². The summed E-state index contributed by atoms with van der Waals surface area (Å²) in [6.45, 7) is 0. The van der Waals surface area contributed by atoms with E-state index in [1.165, 1.54) is 18.2 Å². The minimum absolute atomic E-state index is 0.0277. The van der Waals surface area contributed by atoms with Crippen molar-refractivity contribution in [1.82, 2.24) is 0 Å². The first kappa shape index (κ1) is 23.1. The second-order valence-corrected chi connectivity index (χ2v) is 12.2. The van der Waals surface area contributed by atoms with E-state index in [-0.39, 0.29) is 16.5 Å². The summed E-state index contributed by atoms with van der Waals surface area (Å²) in [5.41, 5.74) is -0.783. The first-order chi connectivity index (χ1) is 14.2. The summed E-state index contributed by atoms with van der Waals surface area (Å²) in [7, 11) is -9.65. The van der Waals surface area contributed by atoms with Gasteiger partial charge in [-0.15, -0.1) is 0 Å². The van der Waals surface area contributed by atoms with E-state index >= 15 is 0 Å². The Morgan fingerprint density at radius 1 is 0.839 bits per heavy atom. The van der Waals surface area contributed by atoms with E-state index < -0.39 is 60.0 Å².